The summed E-state index contributed by atoms with van der Waals surface area (Å²) in [5.74, 6) is -0.157. The van der Waals surface area contributed by atoms with Gasteiger partial charge < -0.3 is 10.0 Å². The Morgan fingerprint density at radius 2 is 2.19 bits per heavy atom. The number of carboxylic acids is 1. The smallest absolute Gasteiger partial charge is 0.339 e. The molecule has 16 heavy (non-hydrogen) atoms. The summed E-state index contributed by atoms with van der Waals surface area (Å²) in [6.07, 6.45) is 0. The van der Waals surface area contributed by atoms with Crippen LogP contribution in [0.4, 0.5) is 5.82 Å². The molecule has 0 amide bonds. The Balaban J connectivity index is 3.09. The second-order valence-corrected chi connectivity index (χ2v) is 4.47. The number of pyridine rings is 1. The number of carbonyl (C=O) groups is 1. The number of halogens is 1. The van der Waals surface area contributed by atoms with E-state index in [1.165, 1.54) is 12.1 Å². The van der Waals surface area contributed by atoms with Gasteiger partial charge >= 0.3 is 5.97 Å². The molecule has 0 unspecified atom stereocenters. The molecular weight excluding hydrogens is 228 g/mol. The van der Waals surface area contributed by atoms with Crippen molar-refractivity contribution >= 4 is 23.4 Å². The molecule has 0 aliphatic carbocycles. The first-order valence-corrected chi connectivity index (χ1v) is 5.40. The zero-order valence-corrected chi connectivity index (χ0v) is 10.3. The highest BCUT2D eigenvalue weighted by Crippen LogP contribution is 2.20. The minimum Gasteiger partial charge on any atom is -0.478 e. The van der Waals surface area contributed by atoms with E-state index in [4.69, 9.17) is 16.7 Å². The minimum absolute atomic E-state index is 0.174. The number of nitrogens with zero attached hydrogens (tertiary/aromatic N) is 2. The fraction of sp³-hybridized carbons (Fsp3) is 0.455. The third-order valence-electron chi connectivity index (χ3n) is 2.07. The van der Waals surface area contributed by atoms with Crippen LogP contribution in [-0.4, -0.2) is 29.7 Å². The quantitative estimate of drug-likeness (QED) is 0.825. The zero-order chi connectivity index (χ0) is 12.3. The molecule has 0 bridgehead atoms. The molecule has 5 heteroatoms. The van der Waals surface area contributed by atoms with Gasteiger partial charge in [-0.2, -0.15) is 0 Å². The second kappa shape index (κ2) is 5.16. The zero-order valence-electron chi connectivity index (χ0n) is 9.57. The van der Waals surface area contributed by atoms with Gasteiger partial charge in [-0.1, -0.05) is 25.4 Å². The standard InChI is InChI=1S/C11H15ClN2O2/c1-7(2)6-14(3)10-8(11(15)16)4-5-9(12)13-10/h4-5,7H,6H2,1-3H3,(H,15,16). The topological polar surface area (TPSA) is 53.4 Å². The van der Waals surface area contributed by atoms with Crippen molar-refractivity contribution in [1.29, 1.82) is 0 Å². The fourth-order valence-electron chi connectivity index (χ4n) is 1.52. The van der Waals surface area contributed by atoms with Crippen LogP contribution in [-0.2, 0) is 0 Å². The summed E-state index contributed by atoms with van der Waals surface area (Å²) in [4.78, 5) is 16.9. The molecule has 1 N–H and O–H groups in total. The molecule has 0 fully saturated rings. The predicted octanol–water partition coefficient (Wildman–Crippen LogP) is 2.53. The van der Waals surface area contributed by atoms with Gasteiger partial charge in [0.25, 0.3) is 0 Å². The van der Waals surface area contributed by atoms with Gasteiger partial charge in [0.05, 0.1) is 0 Å². The summed E-state index contributed by atoms with van der Waals surface area (Å²) < 4.78 is 0. The van der Waals surface area contributed by atoms with E-state index in [-0.39, 0.29) is 5.56 Å². The molecule has 0 aliphatic rings. The highest BCUT2D eigenvalue weighted by atomic mass is 35.5. The maximum absolute atomic E-state index is 11.0. The maximum Gasteiger partial charge on any atom is 0.339 e. The lowest BCUT2D eigenvalue weighted by molar-refractivity contribution is 0.0697. The van der Waals surface area contributed by atoms with Crippen molar-refractivity contribution < 1.29 is 9.90 Å². The molecule has 1 aromatic rings. The Kier molecular flexibility index (Phi) is 4.12. The number of hydrogen-bond acceptors (Lipinski definition) is 3. The van der Waals surface area contributed by atoms with E-state index in [0.29, 0.717) is 16.9 Å². The number of carboxylic acid groups (broad SMARTS) is 1. The first-order chi connectivity index (χ1) is 7.41. The predicted molar refractivity (Wildman–Crippen MR) is 64.3 cm³/mol. The van der Waals surface area contributed by atoms with E-state index in [1.807, 2.05) is 7.05 Å². The van der Waals surface area contributed by atoms with Gasteiger partial charge in [0.15, 0.2) is 0 Å². The van der Waals surface area contributed by atoms with Gasteiger partial charge in [0.1, 0.15) is 16.5 Å². The lowest BCUT2D eigenvalue weighted by atomic mass is 10.2. The average Bonchev–Trinajstić information content (AvgIpc) is 2.15. The number of aromatic nitrogens is 1. The van der Waals surface area contributed by atoms with E-state index >= 15 is 0 Å². The van der Waals surface area contributed by atoms with Gasteiger partial charge in [0, 0.05) is 13.6 Å². The van der Waals surface area contributed by atoms with Crippen molar-refractivity contribution in [3.05, 3.63) is 22.8 Å². The van der Waals surface area contributed by atoms with Crippen molar-refractivity contribution in [2.75, 3.05) is 18.5 Å². The third kappa shape index (κ3) is 3.10. The summed E-state index contributed by atoms with van der Waals surface area (Å²) in [5, 5.41) is 9.33. The van der Waals surface area contributed by atoms with Crippen LogP contribution in [0.15, 0.2) is 12.1 Å². The normalized spacial score (nSPS) is 10.6. The maximum atomic E-state index is 11.0. The van der Waals surface area contributed by atoms with Gasteiger partial charge in [-0.3, -0.25) is 0 Å². The van der Waals surface area contributed by atoms with Gasteiger partial charge in [-0.25, -0.2) is 9.78 Å². The molecule has 0 saturated heterocycles. The highest BCUT2D eigenvalue weighted by Gasteiger charge is 2.16. The van der Waals surface area contributed by atoms with Crippen LogP contribution in [0, 0.1) is 5.92 Å². The fourth-order valence-corrected chi connectivity index (χ4v) is 1.66. The van der Waals surface area contributed by atoms with E-state index < -0.39 is 5.97 Å². The Hall–Kier alpha value is -1.29. The average molecular weight is 243 g/mol. The van der Waals surface area contributed by atoms with Crippen molar-refractivity contribution in [2.24, 2.45) is 5.92 Å². The molecule has 88 valence electrons. The molecule has 0 aliphatic heterocycles. The minimum atomic E-state index is -0.991. The van der Waals surface area contributed by atoms with E-state index in [9.17, 15) is 4.79 Å². The third-order valence-corrected chi connectivity index (χ3v) is 2.28. The lowest BCUT2D eigenvalue weighted by Crippen LogP contribution is -2.25. The molecule has 0 spiro atoms. The SMILES string of the molecule is CC(C)CN(C)c1nc(Cl)ccc1C(=O)O. The monoisotopic (exact) mass is 242 g/mol. The van der Waals surface area contributed by atoms with E-state index in [1.54, 1.807) is 4.90 Å². The highest BCUT2D eigenvalue weighted by molar-refractivity contribution is 6.29. The Morgan fingerprint density at radius 3 is 2.69 bits per heavy atom. The summed E-state index contributed by atoms with van der Waals surface area (Å²) >= 11 is 5.77. The van der Waals surface area contributed by atoms with E-state index in [0.717, 1.165) is 6.54 Å². The first-order valence-electron chi connectivity index (χ1n) is 5.02. The van der Waals surface area contributed by atoms with Crippen LogP contribution in [0.1, 0.15) is 24.2 Å². The largest absolute Gasteiger partial charge is 0.478 e. The molecule has 1 heterocycles. The molecule has 0 atom stereocenters. The summed E-state index contributed by atoms with van der Waals surface area (Å²) in [7, 11) is 1.81. The van der Waals surface area contributed by atoms with Crippen LogP contribution in [0.25, 0.3) is 0 Å². The summed E-state index contributed by atoms with van der Waals surface area (Å²) in [5.41, 5.74) is 0.174. The van der Waals surface area contributed by atoms with E-state index in [2.05, 4.69) is 18.8 Å². The number of rotatable bonds is 4. The van der Waals surface area contributed by atoms with Crippen molar-refractivity contribution in [1.82, 2.24) is 4.98 Å². The molecule has 0 saturated carbocycles. The Bertz CT molecular complexity index is 394. The molecule has 1 rings (SSSR count). The van der Waals surface area contributed by atoms with Crippen LogP contribution in [0.5, 0.6) is 0 Å². The lowest BCUT2D eigenvalue weighted by Gasteiger charge is -2.21. The van der Waals surface area contributed by atoms with Gasteiger partial charge in [-0.05, 0) is 18.1 Å². The molecular formula is C11H15ClN2O2. The Labute approximate surface area is 99.9 Å². The molecule has 0 radical (unpaired) electrons. The van der Waals surface area contributed by atoms with Crippen molar-refractivity contribution in [3.8, 4) is 0 Å². The molecule has 4 nitrogen and oxygen atoms in total. The van der Waals surface area contributed by atoms with Crippen LogP contribution < -0.4 is 4.90 Å². The second-order valence-electron chi connectivity index (χ2n) is 4.08. The van der Waals surface area contributed by atoms with Gasteiger partial charge in [-0.15, -0.1) is 0 Å². The van der Waals surface area contributed by atoms with Gasteiger partial charge in [0.2, 0.25) is 0 Å². The van der Waals surface area contributed by atoms with Crippen molar-refractivity contribution in [3.63, 3.8) is 0 Å². The summed E-state index contributed by atoms with van der Waals surface area (Å²) in [6.45, 7) is 4.84. The summed E-state index contributed by atoms with van der Waals surface area (Å²) in [6, 6.07) is 2.96. The molecule has 1 aromatic heterocycles. The van der Waals surface area contributed by atoms with Crippen LogP contribution in [0.2, 0.25) is 5.15 Å². The van der Waals surface area contributed by atoms with Crippen LogP contribution >= 0.6 is 11.6 Å². The number of hydrogen-bond donors (Lipinski definition) is 1. The van der Waals surface area contributed by atoms with Crippen LogP contribution in [0.3, 0.4) is 0 Å². The number of anilines is 1. The number of aromatic carboxylic acids is 1. The molecule has 0 aromatic carbocycles. The Morgan fingerprint density at radius 1 is 1.56 bits per heavy atom. The van der Waals surface area contributed by atoms with Crippen molar-refractivity contribution in [2.45, 2.75) is 13.8 Å². The first kappa shape index (κ1) is 12.8.